The van der Waals surface area contributed by atoms with Crippen LogP contribution in [0.25, 0.3) is 17.0 Å². The van der Waals surface area contributed by atoms with E-state index in [9.17, 15) is 14.4 Å². The molecule has 2 heterocycles. The van der Waals surface area contributed by atoms with Gasteiger partial charge in [0.2, 0.25) is 5.78 Å². The number of urea groups is 1. The number of aromatic amines is 1. The largest absolute Gasteiger partial charge is 0.497 e. The first-order valence-electron chi connectivity index (χ1n) is 16.2. The molecule has 0 atom stereocenters. The van der Waals surface area contributed by atoms with Gasteiger partial charge in [0.1, 0.15) is 11.5 Å². The molecule has 258 valence electrons. The first-order chi connectivity index (χ1) is 23.1. The molecule has 2 aliphatic rings. The van der Waals surface area contributed by atoms with Crippen molar-refractivity contribution in [2.24, 2.45) is 0 Å². The fourth-order valence-corrected chi connectivity index (χ4v) is 6.31. The van der Waals surface area contributed by atoms with Crippen molar-refractivity contribution in [2.45, 2.75) is 45.4 Å². The van der Waals surface area contributed by atoms with E-state index in [1.54, 1.807) is 66.6 Å². The molecule has 1 aliphatic carbocycles. The van der Waals surface area contributed by atoms with Crippen molar-refractivity contribution in [2.75, 3.05) is 52.0 Å². The lowest BCUT2D eigenvalue weighted by molar-refractivity contribution is 0.0786. The number of fused-ring (bicyclic) bond motifs is 2. The number of hydrogen-bond donors (Lipinski definition) is 3. The minimum atomic E-state index is -0.508. The number of halogens is 1. The Morgan fingerprint density at radius 2 is 1.67 bits per heavy atom. The predicted molar refractivity (Wildman–Crippen MR) is 191 cm³/mol. The molecule has 0 bridgehead atoms. The highest BCUT2D eigenvalue weighted by Gasteiger charge is 2.30. The van der Waals surface area contributed by atoms with E-state index < -0.39 is 11.8 Å². The Balaban J connectivity index is 0.00000468. The molecular formula is C38H44FN5O5. The molecule has 1 aromatic heterocycles. The van der Waals surface area contributed by atoms with Gasteiger partial charge in [-0.2, -0.15) is 0 Å². The summed E-state index contributed by atoms with van der Waals surface area (Å²) < 4.78 is 26.5. The number of rotatable bonds is 9. The zero-order chi connectivity index (χ0) is 33.9. The van der Waals surface area contributed by atoms with Crippen molar-refractivity contribution in [3.05, 3.63) is 88.6 Å². The number of ether oxygens (including phenoxy) is 2. The summed E-state index contributed by atoms with van der Waals surface area (Å²) in [5.74, 6) is 0.227. The van der Waals surface area contributed by atoms with Gasteiger partial charge in [0.05, 0.1) is 18.2 Å². The Labute approximate surface area is 286 Å². The average molecular weight is 670 g/mol. The Hall–Kier alpha value is -5.16. The van der Waals surface area contributed by atoms with Crippen molar-refractivity contribution >= 4 is 46.1 Å². The van der Waals surface area contributed by atoms with Crippen LogP contribution >= 0.6 is 0 Å². The second-order valence-corrected chi connectivity index (χ2v) is 12.7. The van der Waals surface area contributed by atoms with E-state index in [0.29, 0.717) is 51.4 Å². The van der Waals surface area contributed by atoms with Crippen LogP contribution in [0, 0.1) is 5.82 Å². The van der Waals surface area contributed by atoms with E-state index in [1.807, 2.05) is 19.0 Å². The van der Waals surface area contributed by atoms with Crippen molar-refractivity contribution < 1.29 is 28.2 Å². The lowest BCUT2D eigenvalue weighted by Gasteiger charge is -2.21. The highest BCUT2D eigenvalue weighted by atomic mass is 19.1. The molecule has 1 fully saturated rings. The van der Waals surface area contributed by atoms with Crippen molar-refractivity contribution in [3.63, 3.8) is 0 Å². The Morgan fingerprint density at radius 1 is 0.980 bits per heavy atom. The second kappa shape index (κ2) is 14.9. The fourth-order valence-electron chi connectivity index (χ4n) is 6.31. The maximum absolute atomic E-state index is 15.1. The normalized spacial score (nSPS) is 15.1. The van der Waals surface area contributed by atoms with E-state index in [2.05, 4.69) is 15.6 Å². The highest BCUT2D eigenvalue weighted by Crippen LogP contribution is 2.41. The number of carbonyl (C=O) groups is 3. The number of allylic oxidation sites excluding steroid dienone is 1. The Morgan fingerprint density at radius 3 is 2.37 bits per heavy atom. The number of benzene rings is 3. The van der Waals surface area contributed by atoms with Crippen LogP contribution in [0.5, 0.6) is 11.5 Å². The lowest BCUT2D eigenvalue weighted by atomic mass is 9.85. The number of aromatic nitrogens is 1. The highest BCUT2D eigenvalue weighted by molar-refractivity contribution is 6.16. The van der Waals surface area contributed by atoms with Crippen molar-refractivity contribution in [1.82, 2.24) is 14.8 Å². The minimum absolute atomic E-state index is 0. The third-order valence-electron chi connectivity index (χ3n) is 8.97. The molecule has 0 radical (unpaired) electrons. The van der Waals surface area contributed by atoms with E-state index >= 15 is 4.39 Å². The van der Waals surface area contributed by atoms with Gasteiger partial charge >= 0.3 is 6.03 Å². The number of nitrogens with zero attached hydrogens (tertiary/aromatic N) is 2. The SMILES string of the molecule is C.COc1cc(F)c2[nH]c(C3CCCCC3)c(/C=C3\Oc4ccc(NC(=O)Nc5ccc(C(=O)N(C)CCN(C)C)cc5)cc4C3=O)c2c1. The molecule has 11 heteroatoms. The number of nitrogens with one attached hydrogen (secondary N) is 3. The quantitative estimate of drug-likeness (QED) is 0.156. The van der Waals surface area contributed by atoms with E-state index in [-0.39, 0.29) is 30.8 Å². The van der Waals surface area contributed by atoms with Crippen LogP contribution in [0.4, 0.5) is 20.6 Å². The fraction of sp³-hybridized carbons (Fsp3) is 0.342. The van der Waals surface area contributed by atoms with Gasteiger partial charge in [-0.05, 0) is 87.5 Å². The molecule has 3 aromatic carbocycles. The molecule has 1 saturated carbocycles. The van der Waals surface area contributed by atoms with Gasteiger partial charge in [-0.3, -0.25) is 9.59 Å². The zero-order valence-corrected chi connectivity index (χ0v) is 27.6. The third-order valence-corrected chi connectivity index (χ3v) is 8.97. The van der Waals surface area contributed by atoms with Crippen LogP contribution in [0.3, 0.4) is 0 Å². The number of likely N-dealkylation sites (N-methyl/N-ethyl adjacent to an activating group) is 2. The molecule has 3 amide bonds. The maximum Gasteiger partial charge on any atom is 0.323 e. The summed E-state index contributed by atoms with van der Waals surface area (Å²) in [5, 5.41) is 6.14. The van der Waals surface area contributed by atoms with Crippen LogP contribution in [-0.4, -0.2) is 73.8 Å². The Kier molecular flexibility index (Phi) is 10.7. The number of carbonyl (C=O) groups excluding carboxylic acids is 3. The maximum atomic E-state index is 15.1. The Bertz CT molecular complexity index is 1890. The van der Waals surface area contributed by atoms with Crippen molar-refractivity contribution in [3.8, 4) is 11.5 Å². The van der Waals surface area contributed by atoms with Crippen molar-refractivity contribution in [1.29, 1.82) is 0 Å². The minimum Gasteiger partial charge on any atom is -0.497 e. The van der Waals surface area contributed by atoms with E-state index in [1.165, 1.54) is 19.6 Å². The monoisotopic (exact) mass is 669 g/mol. The van der Waals surface area contributed by atoms with Gasteiger partial charge in [0.25, 0.3) is 5.91 Å². The van der Waals surface area contributed by atoms with Crippen LogP contribution in [-0.2, 0) is 0 Å². The van der Waals surface area contributed by atoms with Crippen LogP contribution in [0.1, 0.15) is 77.4 Å². The van der Waals surface area contributed by atoms with Crippen LogP contribution in [0.2, 0.25) is 0 Å². The molecule has 3 N–H and O–H groups in total. The third kappa shape index (κ3) is 7.62. The molecular weight excluding hydrogens is 625 g/mol. The molecule has 4 aromatic rings. The molecule has 0 spiro atoms. The van der Waals surface area contributed by atoms with E-state index in [0.717, 1.165) is 43.5 Å². The summed E-state index contributed by atoms with van der Waals surface area (Å²) in [5.41, 5.74) is 3.72. The number of anilines is 2. The molecule has 1 aliphatic heterocycles. The number of amides is 3. The van der Waals surface area contributed by atoms with Gasteiger partial charge in [-0.1, -0.05) is 26.7 Å². The lowest BCUT2D eigenvalue weighted by Crippen LogP contribution is -2.33. The number of methoxy groups -OCH3 is 1. The topological polar surface area (TPSA) is 116 Å². The number of Topliss-reactive ketones (excluding diaryl/α,β-unsaturated/α-hetero) is 1. The number of hydrogen-bond acceptors (Lipinski definition) is 6. The summed E-state index contributed by atoms with van der Waals surface area (Å²) in [6, 6.07) is 14.1. The zero-order valence-electron chi connectivity index (χ0n) is 27.6. The van der Waals surface area contributed by atoms with E-state index in [4.69, 9.17) is 9.47 Å². The average Bonchev–Trinajstić information content (AvgIpc) is 3.61. The van der Waals surface area contributed by atoms with Gasteiger partial charge in [0.15, 0.2) is 11.6 Å². The first kappa shape index (κ1) is 35.2. The summed E-state index contributed by atoms with van der Waals surface area (Å²) >= 11 is 0. The van der Waals surface area contributed by atoms with Gasteiger partial charge in [0, 0.05) is 59.8 Å². The standard InChI is InChI=1S/C37H40FN5O5.CH4/c1-42(2)16-17-43(3)36(45)23-10-12-24(13-11-23)39-37(46)40-25-14-15-31-29(18-25)35(44)32(48-31)21-28-27-19-26(47-4)20-30(38)34(27)41-33(28)22-8-6-5-7-9-22;/h10-15,18-22,41H,5-9,16-17H2,1-4H3,(H2,39,40,46);1H4/b32-21-;. The number of ketones is 1. The smallest absolute Gasteiger partial charge is 0.323 e. The van der Waals surface area contributed by atoms with Gasteiger partial charge < -0.3 is 34.9 Å². The summed E-state index contributed by atoms with van der Waals surface area (Å²) in [6.45, 7) is 1.35. The van der Waals surface area contributed by atoms with Gasteiger partial charge in [-0.15, -0.1) is 0 Å². The summed E-state index contributed by atoms with van der Waals surface area (Å²) in [6.07, 6.45) is 6.99. The predicted octanol–water partition coefficient (Wildman–Crippen LogP) is 7.89. The first-order valence-corrected chi connectivity index (χ1v) is 16.2. The molecule has 0 unspecified atom stereocenters. The van der Waals surface area contributed by atoms with Gasteiger partial charge in [-0.25, -0.2) is 9.18 Å². The summed E-state index contributed by atoms with van der Waals surface area (Å²) in [4.78, 5) is 46.1. The molecule has 49 heavy (non-hydrogen) atoms. The molecule has 6 rings (SSSR count). The summed E-state index contributed by atoms with van der Waals surface area (Å²) in [7, 11) is 7.15. The number of H-pyrrole nitrogens is 1. The molecule has 10 nitrogen and oxygen atoms in total. The molecule has 0 saturated heterocycles. The second-order valence-electron chi connectivity index (χ2n) is 12.7. The van der Waals surface area contributed by atoms with Crippen LogP contribution in [0.15, 0.2) is 60.4 Å². The van der Waals surface area contributed by atoms with Crippen LogP contribution < -0.4 is 20.1 Å².